The van der Waals surface area contributed by atoms with Crippen molar-refractivity contribution in [2.45, 2.75) is 19.8 Å². The van der Waals surface area contributed by atoms with Crippen molar-refractivity contribution in [1.29, 1.82) is 0 Å². The molecule has 0 fully saturated rings. The minimum atomic E-state index is 0.414. The van der Waals surface area contributed by atoms with Crippen LogP contribution in [0.25, 0.3) is 0 Å². The molecule has 132 valence electrons. The van der Waals surface area contributed by atoms with Crippen LogP contribution in [0.4, 0.5) is 5.69 Å². The second kappa shape index (κ2) is 9.64. The molecule has 2 rings (SSSR count). The van der Waals surface area contributed by atoms with E-state index in [0.29, 0.717) is 16.6 Å². The standard InChI is InChI=1S/C19H23N3O2S/c1-4-8-16(14-9-6-5-7-10-14)21-22-19(25)20-15-11-12-17(23-2)18(13-15)24-3/h5-7,9-13H,4,8H2,1-3H3,(H2,20,22,25)/b21-16-. The number of thiocarbonyl (C=S) groups is 1. The predicted octanol–water partition coefficient (Wildman–Crippen LogP) is 4.19. The number of methoxy groups -OCH3 is 2. The summed E-state index contributed by atoms with van der Waals surface area (Å²) in [5.41, 5.74) is 5.77. The van der Waals surface area contributed by atoms with Crippen LogP contribution in [-0.2, 0) is 0 Å². The van der Waals surface area contributed by atoms with Gasteiger partial charge in [-0.05, 0) is 36.3 Å². The van der Waals surface area contributed by atoms with Crippen LogP contribution in [0.5, 0.6) is 11.5 Å². The van der Waals surface area contributed by atoms with Gasteiger partial charge in [0.15, 0.2) is 16.6 Å². The Balaban J connectivity index is 2.06. The number of hydrogen-bond acceptors (Lipinski definition) is 4. The van der Waals surface area contributed by atoms with Crippen molar-refractivity contribution >= 4 is 28.7 Å². The second-order valence-corrected chi connectivity index (χ2v) is 5.72. The quantitative estimate of drug-likeness (QED) is 0.442. The van der Waals surface area contributed by atoms with Crippen LogP contribution in [0, 0.1) is 0 Å². The summed E-state index contributed by atoms with van der Waals surface area (Å²) in [5.74, 6) is 1.30. The Labute approximate surface area is 154 Å². The highest BCUT2D eigenvalue weighted by Crippen LogP contribution is 2.29. The molecule has 0 unspecified atom stereocenters. The fourth-order valence-electron chi connectivity index (χ4n) is 2.32. The molecule has 0 aliphatic heterocycles. The van der Waals surface area contributed by atoms with Gasteiger partial charge in [0.05, 0.1) is 19.9 Å². The molecule has 2 aromatic rings. The molecule has 0 spiro atoms. The Bertz CT molecular complexity index is 733. The average Bonchev–Trinajstić information content (AvgIpc) is 2.65. The molecule has 0 aliphatic carbocycles. The first-order valence-electron chi connectivity index (χ1n) is 8.09. The van der Waals surface area contributed by atoms with Gasteiger partial charge < -0.3 is 14.8 Å². The minimum absolute atomic E-state index is 0.414. The first-order valence-corrected chi connectivity index (χ1v) is 8.49. The number of rotatable bonds is 7. The summed E-state index contributed by atoms with van der Waals surface area (Å²) >= 11 is 5.33. The molecule has 5 nitrogen and oxygen atoms in total. The fraction of sp³-hybridized carbons (Fsp3) is 0.263. The molecule has 2 N–H and O–H groups in total. The highest BCUT2D eigenvalue weighted by molar-refractivity contribution is 7.80. The summed E-state index contributed by atoms with van der Waals surface area (Å²) in [7, 11) is 3.20. The van der Waals surface area contributed by atoms with Crippen molar-refractivity contribution in [3.05, 3.63) is 54.1 Å². The topological polar surface area (TPSA) is 54.9 Å². The van der Waals surface area contributed by atoms with Crippen molar-refractivity contribution in [2.75, 3.05) is 19.5 Å². The van der Waals surface area contributed by atoms with Gasteiger partial charge in [0, 0.05) is 11.8 Å². The molecular weight excluding hydrogens is 334 g/mol. The third kappa shape index (κ3) is 5.46. The van der Waals surface area contributed by atoms with Crippen molar-refractivity contribution in [3.63, 3.8) is 0 Å². The summed E-state index contributed by atoms with van der Waals surface area (Å²) in [5, 5.41) is 7.97. The van der Waals surface area contributed by atoms with E-state index in [0.717, 1.165) is 29.8 Å². The molecule has 0 aromatic heterocycles. The van der Waals surface area contributed by atoms with Gasteiger partial charge in [-0.25, -0.2) is 0 Å². The smallest absolute Gasteiger partial charge is 0.191 e. The Morgan fingerprint density at radius 2 is 1.76 bits per heavy atom. The summed E-state index contributed by atoms with van der Waals surface area (Å²) < 4.78 is 10.5. The van der Waals surface area contributed by atoms with Crippen LogP contribution >= 0.6 is 12.2 Å². The molecule has 0 amide bonds. The lowest BCUT2D eigenvalue weighted by molar-refractivity contribution is 0.355. The van der Waals surface area contributed by atoms with E-state index in [-0.39, 0.29) is 0 Å². The molecule has 6 heteroatoms. The van der Waals surface area contributed by atoms with E-state index in [1.165, 1.54) is 0 Å². The number of ether oxygens (including phenoxy) is 2. The van der Waals surface area contributed by atoms with Gasteiger partial charge >= 0.3 is 0 Å². The first kappa shape index (κ1) is 18.7. The van der Waals surface area contributed by atoms with Crippen molar-refractivity contribution in [2.24, 2.45) is 5.10 Å². The maximum Gasteiger partial charge on any atom is 0.191 e. The SMILES string of the molecule is CCC/C(=N/NC(=S)Nc1ccc(OC)c(OC)c1)c1ccccc1. The van der Waals surface area contributed by atoms with Gasteiger partial charge in [0.2, 0.25) is 0 Å². The molecule has 2 aromatic carbocycles. The van der Waals surface area contributed by atoms with Crippen LogP contribution in [0.15, 0.2) is 53.6 Å². The Morgan fingerprint density at radius 1 is 1.04 bits per heavy atom. The Morgan fingerprint density at radius 3 is 2.40 bits per heavy atom. The van der Waals surface area contributed by atoms with Gasteiger partial charge in [-0.15, -0.1) is 0 Å². The van der Waals surface area contributed by atoms with Gasteiger partial charge in [-0.3, -0.25) is 5.43 Å². The van der Waals surface area contributed by atoms with Crippen LogP contribution in [0.2, 0.25) is 0 Å². The monoisotopic (exact) mass is 357 g/mol. The molecule has 0 atom stereocenters. The predicted molar refractivity (Wildman–Crippen MR) is 107 cm³/mol. The van der Waals surface area contributed by atoms with E-state index in [1.54, 1.807) is 14.2 Å². The van der Waals surface area contributed by atoms with Crippen molar-refractivity contribution < 1.29 is 9.47 Å². The van der Waals surface area contributed by atoms with E-state index in [1.807, 2.05) is 48.5 Å². The number of nitrogens with one attached hydrogen (secondary N) is 2. The van der Waals surface area contributed by atoms with E-state index < -0.39 is 0 Å². The first-order chi connectivity index (χ1) is 12.2. The van der Waals surface area contributed by atoms with E-state index in [9.17, 15) is 0 Å². The van der Waals surface area contributed by atoms with Gasteiger partial charge in [-0.1, -0.05) is 43.7 Å². The molecule has 0 bridgehead atoms. The average molecular weight is 357 g/mol. The fourth-order valence-corrected chi connectivity index (χ4v) is 2.49. The molecule has 0 aliphatic rings. The summed E-state index contributed by atoms with van der Waals surface area (Å²) in [6.45, 7) is 2.12. The normalized spacial score (nSPS) is 10.9. The number of nitrogens with zero attached hydrogens (tertiary/aromatic N) is 1. The third-order valence-electron chi connectivity index (χ3n) is 3.53. The molecule has 25 heavy (non-hydrogen) atoms. The second-order valence-electron chi connectivity index (χ2n) is 5.31. The summed E-state index contributed by atoms with van der Waals surface area (Å²) in [4.78, 5) is 0. The third-order valence-corrected chi connectivity index (χ3v) is 3.72. The van der Waals surface area contributed by atoms with Crippen LogP contribution < -0.4 is 20.2 Å². The molecule has 0 radical (unpaired) electrons. The zero-order chi connectivity index (χ0) is 18.1. The Hall–Kier alpha value is -2.60. The van der Waals surface area contributed by atoms with E-state index >= 15 is 0 Å². The molecule has 0 saturated heterocycles. The molecule has 0 saturated carbocycles. The number of benzene rings is 2. The van der Waals surface area contributed by atoms with Gasteiger partial charge in [0.25, 0.3) is 0 Å². The lowest BCUT2D eigenvalue weighted by Gasteiger charge is -2.12. The number of anilines is 1. The van der Waals surface area contributed by atoms with E-state index in [4.69, 9.17) is 21.7 Å². The highest BCUT2D eigenvalue weighted by atomic mass is 32.1. The maximum atomic E-state index is 5.33. The van der Waals surface area contributed by atoms with Gasteiger partial charge in [0.1, 0.15) is 0 Å². The lowest BCUT2D eigenvalue weighted by Crippen LogP contribution is -2.25. The summed E-state index contributed by atoms with van der Waals surface area (Å²) in [6.07, 6.45) is 1.88. The zero-order valence-corrected chi connectivity index (χ0v) is 15.5. The van der Waals surface area contributed by atoms with Crippen molar-refractivity contribution in [3.8, 4) is 11.5 Å². The summed E-state index contributed by atoms with van der Waals surface area (Å²) in [6, 6.07) is 15.6. The number of hydrogen-bond donors (Lipinski definition) is 2. The van der Waals surface area contributed by atoms with E-state index in [2.05, 4.69) is 22.8 Å². The van der Waals surface area contributed by atoms with Crippen LogP contribution in [-0.4, -0.2) is 25.0 Å². The van der Waals surface area contributed by atoms with Crippen molar-refractivity contribution in [1.82, 2.24) is 5.43 Å². The van der Waals surface area contributed by atoms with Gasteiger partial charge in [-0.2, -0.15) is 5.10 Å². The lowest BCUT2D eigenvalue weighted by atomic mass is 10.1. The highest BCUT2D eigenvalue weighted by Gasteiger charge is 2.06. The number of hydrazone groups is 1. The largest absolute Gasteiger partial charge is 0.493 e. The van der Waals surface area contributed by atoms with Crippen LogP contribution in [0.3, 0.4) is 0 Å². The molecule has 0 heterocycles. The minimum Gasteiger partial charge on any atom is -0.493 e. The Kier molecular flexibility index (Phi) is 7.22. The zero-order valence-electron chi connectivity index (χ0n) is 14.7. The molecular formula is C19H23N3O2S. The maximum absolute atomic E-state index is 5.33. The van der Waals surface area contributed by atoms with Crippen LogP contribution in [0.1, 0.15) is 25.3 Å².